The zero-order chi connectivity index (χ0) is 21.5. The summed E-state index contributed by atoms with van der Waals surface area (Å²) in [5, 5.41) is 19.6. The molecular formula is C21H21ClN4O4. The zero-order valence-electron chi connectivity index (χ0n) is 16.1. The van der Waals surface area contributed by atoms with Gasteiger partial charge in [-0.1, -0.05) is 41.9 Å². The number of nitrogens with two attached hydrogens (primary N) is 1. The standard InChI is InChI=1S/C21H21ClN4O4/c22-18-11-15(26(28)29)6-7-19(18)25-10-9-24-12-17-16-4-2-1-3-14(16)5-8-20(17)30-13-21(23)27/h1-8,11,24-25H,9-10,12-13H2,(H2,23,27). The number of nitro groups is 1. The first-order chi connectivity index (χ1) is 14.5. The third kappa shape index (κ3) is 5.37. The summed E-state index contributed by atoms with van der Waals surface area (Å²) in [6.07, 6.45) is 0. The van der Waals surface area contributed by atoms with Crippen molar-refractivity contribution in [2.45, 2.75) is 6.54 Å². The largest absolute Gasteiger partial charge is 0.483 e. The minimum Gasteiger partial charge on any atom is -0.483 e. The Morgan fingerprint density at radius 2 is 1.93 bits per heavy atom. The highest BCUT2D eigenvalue weighted by molar-refractivity contribution is 6.33. The average molecular weight is 429 g/mol. The predicted octanol–water partition coefficient (Wildman–Crippen LogP) is 3.47. The van der Waals surface area contributed by atoms with Crippen molar-refractivity contribution >= 4 is 39.7 Å². The van der Waals surface area contributed by atoms with E-state index >= 15 is 0 Å². The molecule has 0 heterocycles. The van der Waals surface area contributed by atoms with E-state index in [2.05, 4.69) is 10.6 Å². The molecule has 156 valence electrons. The third-order valence-electron chi connectivity index (χ3n) is 4.45. The number of carbonyl (C=O) groups excluding carboxylic acids is 1. The van der Waals surface area contributed by atoms with Crippen LogP contribution >= 0.6 is 11.6 Å². The molecular weight excluding hydrogens is 408 g/mol. The molecule has 0 fully saturated rings. The Kier molecular flexibility index (Phi) is 7.05. The highest BCUT2D eigenvalue weighted by Crippen LogP contribution is 2.28. The molecule has 0 saturated carbocycles. The topological polar surface area (TPSA) is 120 Å². The highest BCUT2D eigenvalue weighted by atomic mass is 35.5. The van der Waals surface area contributed by atoms with Gasteiger partial charge in [-0.3, -0.25) is 14.9 Å². The molecule has 0 unspecified atom stereocenters. The van der Waals surface area contributed by atoms with Crippen molar-refractivity contribution in [3.8, 4) is 5.75 Å². The minimum absolute atomic E-state index is 0.0527. The van der Waals surface area contributed by atoms with Crippen molar-refractivity contribution in [1.82, 2.24) is 5.32 Å². The Morgan fingerprint density at radius 3 is 2.67 bits per heavy atom. The summed E-state index contributed by atoms with van der Waals surface area (Å²) in [4.78, 5) is 21.4. The Labute approximate surface area is 178 Å². The average Bonchev–Trinajstić information content (AvgIpc) is 2.73. The van der Waals surface area contributed by atoms with Gasteiger partial charge in [-0.2, -0.15) is 0 Å². The number of hydrogen-bond acceptors (Lipinski definition) is 6. The number of nitrogens with one attached hydrogen (secondary N) is 2. The monoisotopic (exact) mass is 428 g/mol. The lowest BCUT2D eigenvalue weighted by atomic mass is 10.0. The number of nitro benzene ring substituents is 1. The lowest BCUT2D eigenvalue weighted by Gasteiger charge is -2.15. The van der Waals surface area contributed by atoms with E-state index in [-0.39, 0.29) is 12.3 Å². The molecule has 0 saturated heterocycles. The fourth-order valence-corrected chi connectivity index (χ4v) is 3.28. The molecule has 0 aliphatic rings. The van der Waals surface area contributed by atoms with Gasteiger partial charge in [-0.15, -0.1) is 0 Å². The number of nitrogens with zero attached hydrogens (tertiary/aromatic N) is 1. The maximum Gasteiger partial charge on any atom is 0.271 e. The van der Waals surface area contributed by atoms with E-state index in [1.807, 2.05) is 36.4 Å². The number of rotatable bonds is 10. The second-order valence-corrected chi connectivity index (χ2v) is 6.95. The number of fused-ring (bicyclic) bond motifs is 1. The Morgan fingerprint density at radius 1 is 1.13 bits per heavy atom. The summed E-state index contributed by atoms with van der Waals surface area (Å²) in [5.74, 6) is 0.0672. The minimum atomic E-state index is -0.536. The maximum atomic E-state index is 11.1. The Balaban J connectivity index is 1.62. The second kappa shape index (κ2) is 9.91. The third-order valence-corrected chi connectivity index (χ3v) is 4.76. The van der Waals surface area contributed by atoms with E-state index in [0.29, 0.717) is 36.1 Å². The van der Waals surface area contributed by atoms with Crippen molar-refractivity contribution in [3.05, 3.63) is 75.3 Å². The zero-order valence-corrected chi connectivity index (χ0v) is 16.8. The van der Waals surface area contributed by atoms with Gasteiger partial charge in [0, 0.05) is 37.3 Å². The summed E-state index contributed by atoms with van der Waals surface area (Å²) in [5.41, 5.74) is 6.71. The Hall–Kier alpha value is -3.36. The smallest absolute Gasteiger partial charge is 0.271 e. The number of anilines is 1. The number of carbonyl (C=O) groups is 1. The van der Waals surface area contributed by atoms with Crippen LogP contribution < -0.4 is 21.1 Å². The molecule has 9 heteroatoms. The van der Waals surface area contributed by atoms with Gasteiger partial charge in [0.25, 0.3) is 11.6 Å². The van der Waals surface area contributed by atoms with Gasteiger partial charge < -0.3 is 21.1 Å². The molecule has 30 heavy (non-hydrogen) atoms. The summed E-state index contributed by atoms with van der Waals surface area (Å²) in [6.45, 7) is 1.49. The first-order valence-electron chi connectivity index (χ1n) is 9.26. The van der Waals surface area contributed by atoms with Crippen LogP contribution in [0.15, 0.2) is 54.6 Å². The van der Waals surface area contributed by atoms with Crippen molar-refractivity contribution in [2.75, 3.05) is 25.0 Å². The van der Waals surface area contributed by atoms with E-state index in [0.717, 1.165) is 16.3 Å². The van der Waals surface area contributed by atoms with Crippen molar-refractivity contribution < 1.29 is 14.5 Å². The summed E-state index contributed by atoms with van der Waals surface area (Å²) < 4.78 is 5.58. The molecule has 0 aliphatic carbocycles. The molecule has 3 aromatic rings. The van der Waals surface area contributed by atoms with Gasteiger partial charge >= 0.3 is 0 Å². The fraction of sp³-hybridized carbons (Fsp3) is 0.190. The molecule has 0 spiro atoms. The maximum absolute atomic E-state index is 11.1. The number of benzene rings is 3. The number of non-ortho nitro benzene ring substituents is 1. The van der Waals surface area contributed by atoms with E-state index in [4.69, 9.17) is 22.1 Å². The molecule has 0 atom stereocenters. The highest BCUT2D eigenvalue weighted by Gasteiger charge is 2.11. The first-order valence-corrected chi connectivity index (χ1v) is 9.64. The first kappa shape index (κ1) is 21.4. The van der Waals surface area contributed by atoms with Gasteiger partial charge in [0.1, 0.15) is 5.75 Å². The van der Waals surface area contributed by atoms with Crippen LogP contribution in [0.1, 0.15) is 5.56 Å². The summed E-state index contributed by atoms with van der Waals surface area (Å²) >= 11 is 6.09. The van der Waals surface area contributed by atoms with E-state index in [1.165, 1.54) is 12.1 Å². The SMILES string of the molecule is NC(=O)COc1ccc2ccccc2c1CNCCNc1ccc([N+](=O)[O-])cc1Cl. The molecule has 0 aromatic heterocycles. The lowest BCUT2D eigenvalue weighted by Crippen LogP contribution is -2.23. The van der Waals surface area contributed by atoms with E-state index in [9.17, 15) is 14.9 Å². The molecule has 8 nitrogen and oxygen atoms in total. The summed E-state index contributed by atoms with van der Waals surface area (Å²) in [7, 11) is 0. The number of amides is 1. The predicted molar refractivity (Wildman–Crippen MR) is 117 cm³/mol. The normalized spacial score (nSPS) is 10.7. The number of primary amides is 1. The summed E-state index contributed by atoms with van der Waals surface area (Å²) in [6, 6.07) is 16.0. The molecule has 3 rings (SSSR count). The molecule has 0 bridgehead atoms. The van der Waals surface area contributed by atoms with Crippen LogP contribution in [0, 0.1) is 10.1 Å². The van der Waals surface area contributed by atoms with Crippen LogP contribution in [-0.2, 0) is 11.3 Å². The van der Waals surface area contributed by atoms with Crippen LogP contribution in [0.4, 0.5) is 11.4 Å². The van der Waals surface area contributed by atoms with Crippen LogP contribution in [0.25, 0.3) is 10.8 Å². The van der Waals surface area contributed by atoms with Crippen LogP contribution in [0.3, 0.4) is 0 Å². The van der Waals surface area contributed by atoms with Gasteiger partial charge in [-0.25, -0.2) is 0 Å². The Bertz CT molecular complexity index is 1070. The second-order valence-electron chi connectivity index (χ2n) is 6.54. The number of ether oxygens (including phenoxy) is 1. The van der Waals surface area contributed by atoms with Crippen molar-refractivity contribution in [1.29, 1.82) is 0 Å². The van der Waals surface area contributed by atoms with E-state index in [1.54, 1.807) is 6.07 Å². The van der Waals surface area contributed by atoms with Gasteiger partial charge in [-0.05, 0) is 22.9 Å². The molecule has 4 N–H and O–H groups in total. The van der Waals surface area contributed by atoms with Crippen LogP contribution in [0.5, 0.6) is 5.75 Å². The van der Waals surface area contributed by atoms with Crippen LogP contribution in [-0.4, -0.2) is 30.5 Å². The van der Waals surface area contributed by atoms with Gasteiger partial charge in [0.05, 0.1) is 15.6 Å². The number of hydrogen-bond donors (Lipinski definition) is 3. The molecule has 1 amide bonds. The molecule has 0 aliphatic heterocycles. The van der Waals surface area contributed by atoms with Crippen LogP contribution in [0.2, 0.25) is 5.02 Å². The number of halogens is 1. The van der Waals surface area contributed by atoms with Crippen molar-refractivity contribution in [2.24, 2.45) is 5.73 Å². The quantitative estimate of drug-likeness (QED) is 0.258. The van der Waals surface area contributed by atoms with Crippen molar-refractivity contribution in [3.63, 3.8) is 0 Å². The van der Waals surface area contributed by atoms with Gasteiger partial charge in [0.15, 0.2) is 6.61 Å². The molecule has 3 aromatic carbocycles. The lowest BCUT2D eigenvalue weighted by molar-refractivity contribution is -0.384. The van der Waals surface area contributed by atoms with E-state index < -0.39 is 10.8 Å². The molecule has 0 radical (unpaired) electrons. The van der Waals surface area contributed by atoms with Gasteiger partial charge in [0.2, 0.25) is 0 Å². The fourth-order valence-electron chi connectivity index (χ4n) is 3.04.